The van der Waals surface area contributed by atoms with Crippen molar-refractivity contribution < 1.29 is 14.0 Å². The minimum Gasteiger partial charge on any atom is -0.444 e. The highest BCUT2D eigenvalue weighted by Crippen LogP contribution is 2.36. The Kier molecular flexibility index (Phi) is 8.03. The molecule has 0 bridgehead atoms. The van der Waals surface area contributed by atoms with E-state index >= 15 is 0 Å². The summed E-state index contributed by atoms with van der Waals surface area (Å²) >= 11 is 0. The topological polar surface area (TPSA) is 71.3 Å². The molecule has 0 spiro atoms. The van der Waals surface area contributed by atoms with Gasteiger partial charge in [-0.15, -0.1) is 0 Å². The van der Waals surface area contributed by atoms with Gasteiger partial charge in [-0.05, 0) is 69.1 Å². The minimum atomic E-state index is -1.75. The fraction of sp³-hybridized carbons (Fsp3) is 0.545. The largest absolute Gasteiger partial charge is 0.444 e. The third-order valence-corrected chi connectivity index (χ3v) is 9.21. The van der Waals surface area contributed by atoms with Crippen LogP contribution in [0.1, 0.15) is 59.1 Å². The molecule has 1 aromatic rings. The van der Waals surface area contributed by atoms with Gasteiger partial charge in [-0.3, -0.25) is 5.32 Å². The first-order valence-corrected chi connectivity index (χ1v) is 12.5. The molecule has 0 atom stereocenters. The molecular weight excluding hydrogens is 368 g/mol. The van der Waals surface area contributed by atoms with Gasteiger partial charge in [-0.1, -0.05) is 32.9 Å². The van der Waals surface area contributed by atoms with Crippen LogP contribution in [0, 0.1) is 11.3 Å². The third kappa shape index (κ3) is 7.87. The second kappa shape index (κ2) is 9.40. The van der Waals surface area contributed by atoms with Crippen LogP contribution >= 0.6 is 0 Å². The summed E-state index contributed by atoms with van der Waals surface area (Å²) < 4.78 is 11.4. The maximum Gasteiger partial charge on any atom is 0.412 e. The van der Waals surface area contributed by atoms with Crippen molar-refractivity contribution in [2.24, 2.45) is 0 Å². The molecule has 5 nitrogen and oxygen atoms in total. The molecule has 0 saturated carbocycles. The first-order valence-electron chi connectivity index (χ1n) is 9.60. The van der Waals surface area contributed by atoms with Crippen LogP contribution in [0.4, 0.5) is 10.5 Å². The van der Waals surface area contributed by atoms with Crippen molar-refractivity contribution >= 4 is 26.2 Å². The third-order valence-electron chi connectivity index (χ3n) is 4.67. The van der Waals surface area contributed by atoms with Gasteiger partial charge in [0, 0.05) is 12.3 Å². The molecule has 0 aromatic heterocycles. The van der Waals surface area contributed by atoms with Gasteiger partial charge < -0.3 is 9.16 Å². The van der Waals surface area contributed by atoms with E-state index in [1.54, 1.807) is 18.2 Å². The lowest BCUT2D eigenvalue weighted by atomic mass is 10.1. The Morgan fingerprint density at radius 3 is 2.39 bits per heavy atom. The summed E-state index contributed by atoms with van der Waals surface area (Å²) in [4.78, 5) is 11.9. The molecule has 1 rings (SSSR count). The Balaban J connectivity index is 2.75. The number of hydrogen-bond donors (Lipinski definition) is 1. The Bertz CT molecular complexity index is 751. The van der Waals surface area contributed by atoms with E-state index in [-0.39, 0.29) is 5.04 Å². The summed E-state index contributed by atoms with van der Waals surface area (Å²) in [6.07, 6.45) is 4.14. The number of rotatable bonds is 6. The lowest BCUT2D eigenvalue weighted by Crippen LogP contribution is -2.40. The van der Waals surface area contributed by atoms with Gasteiger partial charge in [-0.2, -0.15) is 5.26 Å². The first kappa shape index (κ1) is 23.9. The van der Waals surface area contributed by atoms with Crippen LogP contribution in [-0.2, 0) is 9.16 Å². The van der Waals surface area contributed by atoms with Crippen molar-refractivity contribution in [2.45, 2.75) is 71.7 Å². The van der Waals surface area contributed by atoms with E-state index in [2.05, 4.69) is 45.3 Å². The second-order valence-corrected chi connectivity index (χ2v) is 14.1. The predicted molar refractivity (Wildman–Crippen MR) is 118 cm³/mol. The summed E-state index contributed by atoms with van der Waals surface area (Å²) in [5, 5.41) is 12.2. The van der Waals surface area contributed by atoms with E-state index < -0.39 is 20.0 Å². The summed E-state index contributed by atoms with van der Waals surface area (Å²) in [7, 11) is -1.75. The van der Waals surface area contributed by atoms with Crippen molar-refractivity contribution in [3.63, 3.8) is 0 Å². The van der Waals surface area contributed by atoms with Crippen molar-refractivity contribution in [3.05, 3.63) is 35.4 Å². The molecule has 1 amide bonds. The monoisotopic (exact) mass is 402 g/mol. The summed E-state index contributed by atoms with van der Waals surface area (Å²) in [5.74, 6) is 0. The maximum absolute atomic E-state index is 11.9. The molecule has 0 heterocycles. The van der Waals surface area contributed by atoms with Crippen LogP contribution in [0.25, 0.3) is 6.08 Å². The van der Waals surface area contributed by atoms with Gasteiger partial charge in [0.15, 0.2) is 8.32 Å². The highest BCUT2D eigenvalue weighted by molar-refractivity contribution is 6.74. The van der Waals surface area contributed by atoms with E-state index in [1.807, 2.05) is 32.9 Å². The molecule has 0 aliphatic rings. The van der Waals surface area contributed by atoms with E-state index in [9.17, 15) is 10.1 Å². The lowest BCUT2D eigenvalue weighted by Gasteiger charge is -2.36. The fourth-order valence-electron chi connectivity index (χ4n) is 2.11. The molecule has 0 radical (unpaired) electrons. The quantitative estimate of drug-likeness (QED) is 0.446. The summed E-state index contributed by atoms with van der Waals surface area (Å²) in [5.41, 5.74) is 1.33. The van der Waals surface area contributed by atoms with Crippen LogP contribution in [-0.4, -0.2) is 26.6 Å². The van der Waals surface area contributed by atoms with Crippen molar-refractivity contribution in [2.75, 3.05) is 11.9 Å². The van der Waals surface area contributed by atoms with Crippen LogP contribution in [0.2, 0.25) is 18.1 Å². The Morgan fingerprint density at radius 2 is 1.86 bits per heavy atom. The second-order valence-electron chi connectivity index (χ2n) is 9.34. The van der Waals surface area contributed by atoms with Crippen LogP contribution in [0.15, 0.2) is 24.3 Å². The van der Waals surface area contributed by atoms with Crippen molar-refractivity contribution in [3.8, 4) is 6.07 Å². The van der Waals surface area contributed by atoms with Gasteiger partial charge in [0.05, 0.1) is 11.6 Å². The number of nitrogens with zero attached hydrogens (tertiary/aromatic N) is 1. The van der Waals surface area contributed by atoms with Gasteiger partial charge in [0.1, 0.15) is 5.60 Å². The zero-order valence-electron chi connectivity index (χ0n) is 18.5. The summed E-state index contributed by atoms with van der Waals surface area (Å²) in [6.45, 7) is 17.2. The van der Waals surface area contributed by atoms with Crippen molar-refractivity contribution in [1.29, 1.82) is 5.26 Å². The van der Waals surface area contributed by atoms with Gasteiger partial charge in [0.25, 0.3) is 0 Å². The number of ether oxygens (including phenoxy) is 1. The average molecular weight is 403 g/mol. The molecule has 0 saturated heterocycles. The zero-order chi connectivity index (χ0) is 21.6. The SMILES string of the molecule is CC(C)(C)OC(=O)Nc1ccc(C#N)c(/C=C/CCO[Si](C)(C)C(C)(C)C)c1. The zero-order valence-corrected chi connectivity index (χ0v) is 19.5. The Hall–Kier alpha value is -2.10. The molecule has 0 aliphatic heterocycles. The number of carbonyl (C=O) groups excluding carboxylic acids is 1. The normalized spacial score (nSPS) is 12.7. The van der Waals surface area contributed by atoms with Gasteiger partial charge in [0.2, 0.25) is 0 Å². The van der Waals surface area contributed by atoms with E-state index in [1.165, 1.54) is 0 Å². The Morgan fingerprint density at radius 1 is 1.21 bits per heavy atom. The number of carbonyl (C=O) groups is 1. The fourth-order valence-corrected chi connectivity index (χ4v) is 3.17. The first-order chi connectivity index (χ1) is 12.7. The number of anilines is 1. The molecule has 0 aliphatic carbocycles. The van der Waals surface area contributed by atoms with Crippen LogP contribution < -0.4 is 5.32 Å². The lowest BCUT2D eigenvalue weighted by molar-refractivity contribution is 0.0636. The molecular formula is C22H34N2O3Si. The van der Waals surface area contributed by atoms with Gasteiger partial charge >= 0.3 is 6.09 Å². The summed E-state index contributed by atoms with van der Waals surface area (Å²) in [6, 6.07) is 7.34. The molecule has 154 valence electrons. The molecule has 28 heavy (non-hydrogen) atoms. The molecule has 1 N–H and O–H groups in total. The molecule has 0 fully saturated rings. The predicted octanol–water partition coefficient (Wildman–Crippen LogP) is 6.33. The highest BCUT2D eigenvalue weighted by Gasteiger charge is 2.36. The van der Waals surface area contributed by atoms with Crippen molar-refractivity contribution in [1.82, 2.24) is 0 Å². The number of hydrogen-bond acceptors (Lipinski definition) is 4. The Labute approximate surface area is 170 Å². The smallest absolute Gasteiger partial charge is 0.412 e. The standard InChI is InChI=1S/C22H34N2O3Si/c1-21(2,3)27-20(25)24-19-13-12-18(16-23)17(15-19)11-9-10-14-26-28(7,8)22(4,5)6/h9,11-13,15H,10,14H2,1-8H3,(H,24,25)/b11-9+. The number of nitrogens with one attached hydrogen (secondary N) is 1. The average Bonchev–Trinajstić information content (AvgIpc) is 2.51. The number of benzene rings is 1. The molecule has 0 unspecified atom stereocenters. The number of nitriles is 1. The maximum atomic E-state index is 11.9. The number of amides is 1. The highest BCUT2D eigenvalue weighted by atomic mass is 28.4. The minimum absolute atomic E-state index is 0.187. The molecule has 6 heteroatoms. The van der Waals surface area contributed by atoms with E-state index in [0.29, 0.717) is 17.9 Å². The molecule has 1 aromatic carbocycles. The van der Waals surface area contributed by atoms with Gasteiger partial charge in [-0.25, -0.2) is 4.79 Å². The van der Waals surface area contributed by atoms with E-state index in [0.717, 1.165) is 12.0 Å². The van der Waals surface area contributed by atoms with E-state index in [4.69, 9.17) is 9.16 Å². The van der Waals surface area contributed by atoms with Crippen LogP contribution in [0.3, 0.4) is 0 Å². The van der Waals surface area contributed by atoms with Crippen LogP contribution in [0.5, 0.6) is 0 Å².